The number of para-hydroxylation sites is 1. The average Bonchev–Trinajstić information content (AvgIpc) is 3.20. The van der Waals surface area contributed by atoms with Gasteiger partial charge in [-0.05, 0) is 18.1 Å². The lowest BCUT2D eigenvalue weighted by molar-refractivity contribution is -0.118. The third-order valence-corrected chi connectivity index (χ3v) is 5.15. The fraction of sp³-hybridized carbons (Fsp3) is 0.238. The van der Waals surface area contributed by atoms with Crippen LogP contribution in [-0.2, 0) is 4.79 Å². The minimum Gasteiger partial charge on any atom is -0.496 e. The van der Waals surface area contributed by atoms with Crippen LogP contribution in [0.4, 0.5) is 5.13 Å². The second kappa shape index (κ2) is 9.29. The largest absolute Gasteiger partial charge is 0.496 e. The summed E-state index contributed by atoms with van der Waals surface area (Å²) in [5.74, 6) is -0.405. The number of amides is 2. The highest BCUT2D eigenvalue weighted by molar-refractivity contribution is 7.18. The topological polar surface area (TPSA) is 93.2 Å². The Morgan fingerprint density at radius 2 is 1.69 bits per heavy atom. The molecule has 7 nitrogen and oxygen atoms in total. The Morgan fingerprint density at radius 1 is 1.00 bits per heavy atom. The number of anilines is 1. The summed E-state index contributed by atoms with van der Waals surface area (Å²) >= 11 is 1.28. The molecule has 0 fully saturated rings. The van der Waals surface area contributed by atoms with Gasteiger partial charge in [0.05, 0.1) is 12.7 Å². The maximum Gasteiger partial charge on any atom is 0.255 e. The molecule has 1 atom stereocenters. The molecule has 0 aliphatic heterocycles. The zero-order valence-electron chi connectivity index (χ0n) is 16.4. The van der Waals surface area contributed by atoms with E-state index in [0.29, 0.717) is 21.5 Å². The van der Waals surface area contributed by atoms with Crippen LogP contribution in [-0.4, -0.2) is 35.2 Å². The van der Waals surface area contributed by atoms with Crippen LogP contribution < -0.4 is 15.4 Å². The van der Waals surface area contributed by atoms with E-state index in [-0.39, 0.29) is 17.7 Å². The van der Waals surface area contributed by atoms with Gasteiger partial charge in [0.2, 0.25) is 11.0 Å². The second-order valence-electron chi connectivity index (χ2n) is 6.66. The van der Waals surface area contributed by atoms with E-state index in [2.05, 4.69) is 20.8 Å². The van der Waals surface area contributed by atoms with Crippen molar-refractivity contribution in [1.82, 2.24) is 15.5 Å². The maximum atomic E-state index is 12.8. The van der Waals surface area contributed by atoms with Crippen molar-refractivity contribution in [3.8, 4) is 16.3 Å². The number of rotatable bonds is 7. The van der Waals surface area contributed by atoms with Gasteiger partial charge in [-0.3, -0.25) is 14.9 Å². The maximum absolute atomic E-state index is 12.8. The molecule has 0 saturated carbocycles. The van der Waals surface area contributed by atoms with Crippen LogP contribution in [0.3, 0.4) is 0 Å². The summed E-state index contributed by atoms with van der Waals surface area (Å²) in [4.78, 5) is 25.5. The van der Waals surface area contributed by atoms with Crippen molar-refractivity contribution in [2.24, 2.45) is 5.92 Å². The van der Waals surface area contributed by atoms with E-state index in [4.69, 9.17) is 4.74 Å². The molecule has 0 spiro atoms. The summed E-state index contributed by atoms with van der Waals surface area (Å²) in [6.45, 7) is 3.73. The van der Waals surface area contributed by atoms with E-state index in [1.54, 1.807) is 24.3 Å². The fourth-order valence-corrected chi connectivity index (χ4v) is 3.49. The number of hydrogen-bond acceptors (Lipinski definition) is 6. The molecule has 29 heavy (non-hydrogen) atoms. The van der Waals surface area contributed by atoms with Gasteiger partial charge in [0.25, 0.3) is 5.91 Å². The Hall–Kier alpha value is -3.26. The van der Waals surface area contributed by atoms with Crippen molar-refractivity contribution >= 4 is 28.3 Å². The van der Waals surface area contributed by atoms with E-state index in [1.165, 1.54) is 18.4 Å². The van der Waals surface area contributed by atoms with Gasteiger partial charge >= 0.3 is 0 Å². The van der Waals surface area contributed by atoms with E-state index in [0.717, 1.165) is 5.56 Å². The monoisotopic (exact) mass is 410 g/mol. The molecule has 2 amide bonds. The highest BCUT2D eigenvalue weighted by atomic mass is 32.1. The molecule has 8 heteroatoms. The number of carbonyl (C=O) groups excluding carboxylic acids is 2. The van der Waals surface area contributed by atoms with Gasteiger partial charge in [-0.25, -0.2) is 0 Å². The third-order valence-electron chi connectivity index (χ3n) is 4.26. The highest BCUT2D eigenvalue weighted by Crippen LogP contribution is 2.26. The van der Waals surface area contributed by atoms with E-state index in [1.807, 2.05) is 44.2 Å². The standard InChI is InChI=1S/C21H22N4O3S/c1-13(2)17(22-18(26)15-11-7-8-12-16(15)28-3)19(27)23-21-25-24-20(29-21)14-9-5-4-6-10-14/h4-13,17H,1-3H3,(H,22,26)(H,23,25,27)/t17-/m1/s1. The summed E-state index contributed by atoms with van der Waals surface area (Å²) in [6.07, 6.45) is 0. The summed E-state index contributed by atoms with van der Waals surface area (Å²) < 4.78 is 5.23. The minimum atomic E-state index is -0.739. The van der Waals surface area contributed by atoms with Gasteiger partial charge in [-0.1, -0.05) is 67.6 Å². The normalized spacial score (nSPS) is 11.7. The lowest BCUT2D eigenvalue weighted by atomic mass is 10.0. The molecule has 1 heterocycles. The first-order valence-corrected chi connectivity index (χ1v) is 9.95. The first-order chi connectivity index (χ1) is 14.0. The molecular weight excluding hydrogens is 388 g/mol. The van der Waals surface area contributed by atoms with Crippen molar-refractivity contribution in [1.29, 1.82) is 0 Å². The first kappa shape index (κ1) is 20.5. The van der Waals surface area contributed by atoms with Crippen LogP contribution >= 0.6 is 11.3 Å². The first-order valence-electron chi connectivity index (χ1n) is 9.13. The van der Waals surface area contributed by atoms with Gasteiger partial charge in [0.15, 0.2) is 0 Å². The van der Waals surface area contributed by atoms with Crippen LogP contribution in [0.2, 0.25) is 0 Å². The number of hydrogen-bond donors (Lipinski definition) is 2. The quantitative estimate of drug-likeness (QED) is 0.621. The Kier molecular flexibility index (Phi) is 6.56. The average molecular weight is 410 g/mol. The van der Waals surface area contributed by atoms with Crippen LogP contribution in [0, 0.1) is 5.92 Å². The Labute approximate surface area is 173 Å². The number of benzene rings is 2. The molecule has 150 valence electrons. The molecule has 0 aliphatic carbocycles. The van der Waals surface area contributed by atoms with Crippen molar-refractivity contribution < 1.29 is 14.3 Å². The number of nitrogens with zero attached hydrogens (tertiary/aromatic N) is 2. The predicted molar refractivity (Wildman–Crippen MR) is 113 cm³/mol. The highest BCUT2D eigenvalue weighted by Gasteiger charge is 2.26. The zero-order chi connectivity index (χ0) is 20.8. The number of methoxy groups -OCH3 is 1. The summed E-state index contributed by atoms with van der Waals surface area (Å²) in [5.41, 5.74) is 1.30. The molecule has 2 N–H and O–H groups in total. The zero-order valence-corrected chi connectivity index (χ0v) is 17.2. The molecule has 0 bridgehead atoms. The van der Waals surface area contributed by atoms with Crippen molar-refractivity contribution in [3.05, 3.63) is 60.2 Å². The molecule has 0 saturated heterocycles. The van der Waals surface area contributed by atoms with E-state index >= 15 is 0 Å². The van der Waals surface area contributed by atoms with Crippen molar-refractivity contribution in [3.63, 3.8) is 0 Å². The predicted octanol–water partition coefficient (Wildman–Crippen LogP) is 3.61. The summed E-state index contributed by atoms with van der Waals surface area (Å²) in [7, 11) is 1.50. The molecule has 3 aromatic rings. The Balaban J connectivity index is 1.72. The summed E-state index contributed by atoms with van der Waals surface area (Å²) in [5, 5.41) is 14.8. The van der Waals surface area contributed by atoms with Crippen LogP contribution in [0.25, 0.3) is 10.6 Å². The molecule has 1 aromatic heterocycles. The van der Waals surface area contributed by atoms with Gasteiger partial charge in [0.1, 0.15) is 16.8 Å². The van der Waals surface area contributed by atoms with Gasteiger partial charge in [0, 0.05) is 5.56 Å². The Morgan fingerprint density at radius 3 is 2.38 bits per heavy atom. The van der Waals surface area contributed by atoms with Crippen LogP contribution in [0.1, 0.15) is 24.2 Å². The number of nitrogens with one attached hydrogen (secondary N) is 2. The number of carbonyl (C=O) groups is 2. The lowest BCUT2D eigenvalue weighted by Gasteiger charge is -2.21. The van der Waals surface area contributed by atoms with E-state index in [9.17, 15) is 9.59 Å². The lowest BCUT2D eigenvalue weighted by Crippen LogP contribution is -2.47. The van der Waals surface area contributed by atoms with E-state index < -0.39 is 6.04 Å². The van der Waals surface area contributed by atoms with Crippen LogP contribution in [0.5, 0.6) is 5.75 Å². The second-order valence-corrected chi connectivity index (χ2v) is 7.64. The Bertz CT molecular complexity index is 988. The van der Waals surface area contributed by atoms with Gasteiger partial charge < -0.3 is 10.1 Å². The molecule has 0 unspecified atom stereocenters. The molecule has 0 radical (unpaired) electrons. The molecule has 3 rings (SSSR count). The SMILES string of the molecule is COc1ccccc1C(=O)N[C@@H](C(=O)Nc1nnc(-c2ccccc2)s1)C(C)C. The molecular formula is C21H22N4O3S. The van der Waals surface area contributed by atoms with Crippen molar-refractivity contribution in [2.45, 2.75) is 19.9 Å². The third kappa shape index (κ3) is 4.97. The smallest absolute Gasteiger partial charge is 0.255 e. The molecule has 2 aromatic carbocycles. The minimum absolute atomic E-state index is 0.129. The van der Waals surface area contributed by atoms with Gasteiger partial charge in [-0.15, -0.1) is 10.2 Å². The van der Waals surface area contributed by atoms with Crippen molar-refractivity contribution in [2.75, 3.05) is 12.4 Å². The number of ether oxygens (including phenoxy) is 1. The van der Waals surface area contributed by atoms with Gasteiger partial charge in [-0.2, -0.15) is 0 Å². The number of aromatic nitrogens is 2. The summed E-state index contributed by atoms with van der Waals surface area (Å²) in [6, 6.07) is 15.7. The van der Waals surface area contributed by atoms with Crippen LogP contribution in [0.15, 0.2) is 54.6 Å². The fourth-order valence-electron chi connectivity index (χ4n) is 2.74. The molecule has 0 aliphatic rings.